The molecule has 1 aromatic rings. The molecule has 0 spiro atoms. The Bertz CT molecular complexity index is 408. The van der Waals surface area contributed by atoms with Gasteiger partial charge in [0, 0.05) is 12.0 Å². The third-order valence-corrected chi connectivity index (χ3v) is 2.42. The predicted molar refractivity (Wildman–Crippen MR) is 55.6 cm³/mol. The molecule has 0 bridgehead atoms. The minimum Gasteiger partial charge on any atom is -0.298 e. The zero-order valence-corrected chi connectivity index (χ0v) is 9.16. The number of halogens is 2. The lowest BCUT2D eigenvalue weighted by Crippen LogP contribution is -2.07. The van der Waals surface area contributed by atoms with Crippen molar-refractivity contribution in [1.29, 1.82) is 0 Å². The second-order valence-electron chi connectivity index (χ2n) is 2.85. The first-order valence-corrected chi connectivity index (χ1v) is 5.18. The van der Waals surface area contributed by atoms with E-state index >= 15 is 0 Å². The number of nitro groups is 1. The van der Waals surface area contributed by atoms with Crippen molar-refractivity contribution in [1.82, 2.24) is 0 Å². The van der Waals surface area contributed by atoms with E-state index in [1.807, 2.05) is 0 Å². The van der Waals surface area contributed by atoms with Crippen LogP contribution in [0.3, 0.4) is 0 Å². The standard InChI is InChI=1S/C9H7BrFNO3/c10-5-7(13)4-6-2-1-3-8(11)9(6)12(14)15/h1-3H,4-5H2. The molecule has 0 saturated carbocycles. The van der Waals surface area contributed by atoms with E-state index in [1.54, 1.807) is 0 Å². The van der Waals surface area contributed by atoms with E-state index in [4.69, 9.17) is 0 Å². The number of para-hydroxylation sites is 1. The van der Waals surface area contributed by atoms with Gasteiger partial charge in [0.05, 0.1) is 10.3 Å². The molecule has 0 unspecified atom stereocenters. The molecule has 0 aliphatic rings. The molecule has 80 valence electrons. The van der Waals surface area contributed by atoms with Crippen molar-refractivity contribution in [2.45, 2.75) is 6.42 Å². The van der Waals surface area contributed by atoms with Crippen molar-refractivity contribution < 1.29 is 14.1 Å². The maximum atomic E-state index is 13.1. The molecule has 15 heavy (non-hydrogen) atoms. The number of benzene rings is 1. The van der Waals surface area contributed by atoms with Crippen molar-refractivity contribution in [3.05, 3.63) is 39.7 Å². The van der Waals surface area contributed by atoms with Gasteiger partial charge in [-0.2, -0.15) is 4.39 Å². The Kier molecular flexibility index (Phi) is 3.90. The van der Waals surface area contributed by atoms with Crippen molar-refractivity contribution >= 4 is 27.4 Å². The zero-order valence-electron chi connectivity index (χ0n) is 7.57. The second-order valence-corrected chi connectivity index (χ2v) is 3.41. The molecule has 0 N–H and O–H groups in total. The highest BCUT2D eigenvalue weighted by Crippen LogP contribution is 2.22. The van der Waals surface area contributed by atoms with Crippen LogP contribution in [0.5, 0.6) is 0 Å². The molecule has 1 rings (SSSR count). The van der Waals surface area contributed by atoms with Gasteiger partial charge in [0.1, 0.15) is 5.78 Å². The van der Waals surface area contributed by atoms with Gasteiger partial charge in [-0.15, -0.1) is 0 Å². The highest BCUT2D eigenvalue weighted by molar-refractivity contribution is 9.09. The van der Waals surface area contributed by atoms with Gasteiger partial charge in [-0.3, -0.25) is 14.9 Å². The van der Waals surface area contributed by atoms with Crippen molar-refractivity contribution in [3.63, 3.8) is 0 Å². The predicted octanol–water partition coefficient (Wildman–Crippen LogP) is 2.24. The average molecular weight is 276 g/mol. The third-order valence-electron chi connectivity index (χ3n) is 1.79. The van der Waals surface area contributed by atoms with E-state index < -0.39 is 16.4 Å². The summed E-state index contributed by atoms with van der Waals surface area (Å²) < 4.78 is 13.1. The number of alkyl halides is 1. The normalized spacial score (nSPS) is 10.0. The maximum absolute atomic E-state index is 13.1. The Hall–Kier alpha value is -1.30. The van der Waals surface area contributed by atoms with Crippen LogP contribution in [0.25, 0.3) is 0 Å². The SMILES string of the molecule is O=C(CBr)Cc1cccc(F)c1[N+](=O)[O-]. The van der Waals surface area contributed by atoms with E-state index in [0.29, 0.717) is 0 Å². The number of rotatable bonds is 4. The summed E-state index contributed by atoms with van der Waals surface area (Å²) in [7, 11) is 0. The molecular formula is C9H7BrFNO3. The highest BCUT2D eigenvalue weighted by atomic mass is 79.9. The maximum Gasteiger partial charge on any atom is 0.308 e. The van der Waals surface area contributed by atoms with Crippen LogP contribution in [-0.2, 0) is 11.2 Å². The number of carbonyl (C=O) groups excluding carboxylic acids is 1. The number of hydrogen-bond acceptors (Lipinski definition) is 3. The van der Waals surface area contributed by atoms with Crippen molar-refractivity contribution in [2.24, 2.45) is 0 Å². The van der Waals surface area contributed by atoms with E-state index in [2.05, 4.69) is 15.9 Å². The van der Waals surface area contributed by atoms with Crippen LogP contribution in [0.15, 0.2) is 18.2 Å². The van der Waals surface area contributed by atoms with Gasteiger partial charge in [-0.25, -0.2) is 0 Å². The molecule has 0 saturated heterocycles. The lowest BCUT2D eigenvalue weighted by Gasteiger charge is -2.01. The smallest absolute Gasteiger partial charge is 0.298 e. The number of hydrogen-bond donors (Lipinski definition) is 0. The third kappa shape index (κ3) is 2.82. The first kappa shape index (κ1) is 11.8. The van der Waals surface area contributed by atoms with Gasteiger partial charge < -0.3 is 0 Å². The lowest BCUT2D eigenvalue weighted by molar-refractivity contribution is -0.388. The van der Waals surface area contributed by atoms with Crippen molar-refractivity contribution in [2.75, 3.05) is 5.33 Å². The number of Topliss-reactive ketones (excluding diaryl/α,β-unsaturated/α-hetero) is 1. The van der Waals surface area contributed by atoms with Crippen LogP contribution in [0.1, 0.15) is 5.56 Å². The summed E-state index contributed by atoms with van der Waals surface area (Å²) >= 11 is 2.94. The van der Waals surface area contributed by atoms with Gasteiger partial charge in [-0.1, -0.05) is 28.1 Å². The van der Waals surface area contributed by atoms with E-state index in [0.717, 1.165) is 6.07 Å². The Morgan fingerprint density at radius 2 is 2.20 bits per heavy atom. The van der Waals surface area contributed by atoms with Crippen LogP contribution in [-0.4, -0.2) is 16.0 Å². The second kappa shape index (κ2) is 4.97. The lowest BCUT2D eigenvalue weighted by atomic mass is 10.1. The number of ketones is 1. The average Bonchev–Trinajstić information content (AvgIpc) is 2.17. The van der Waals surface area contributed by atoms with Crippen LogP contribution >= 0.6 is 15.9 Å². The largest absolute Gasteiger partial charge is 0.308 e. The summed E-state index contributed by atoms with van der Waals surface area (Å²) in [5.74, 6) is -1.15. The minimum atomic E-state index is -0.917. The Balaban J connectivity index is 3.11. The number of carbonyl (C=O) groups is 1. The summed E-state index contributed by atoms with van der Waals surface area (Å²) in [4.78, 5) is 20.8. The quantitative estimate of drug-likeness (QED) is 0.481. The fourth-order valence-electron chi connectivity index (χ4n) is 1.17. The van der Waals surface area contributed by atoms with Gasteiger partial charge in [0.15, 0.2) is 0 Å². The van der Waals surface area contributed by atoms with E-state index in [9.17, 15) is 19.3 Å². The molecule has 0 amide bonds. The van der Waals surface area contributed by atoms with E-state index in [1.165, 1.54) is 12.1 Å². The summed E-state index contributed by atoms with van der Waals surface area (Å²) in [6, 6.07) is 3.72. The van der Waals surface area contributed by atoms with Gasteiger partial charge in [0.25, 0.3) is 0 Å². The van der Waals surface area contributed by atoms with Gasteiger partial charge in [-0.05, 0) is 6.07 Å². The Morgan fingerprint density at radius 1 is 1.53 bits per heavy atom. The summed E-state index contributed by atoms with van der Waals surface area (Å²) in [6.07, 6.45) is -0.140. The monoisotopic (exact) mass is 275 g/mol. The van der Waals surface area contributed by atoms with Crippen molar-refractivity contribution in [3.8, 4) is 0 Å². The molecule has 0 aromatic heterocycles. The molecule has 6 heteroatoms. The van der Waals surface area contributed by atoms with E-state index in [-0.39, 0.29) is 23.1 Å². The zero-order chi connectivity index (χ0) is 11.4. The van der Waals surface area contributed by atoms with Crippen LogP contribution in [0, 0.1) is 15.9 Å². The molecule has 0 aliphatic heterocycles. The van der Waals surface area contributed by atoms with Gasteiger partial charge >= 0.3 is 5.69 Å². The molecule has 0 aliphatic carbocycles. The number of nitro benzene ring substituents is 1. The summed E-state index contributed by atoms with van der Waals surface area (Å²) in [6.45, 7) is 0. The fourth-order valence-corrected chi connectivity index (χ4v) is 1.37. The summed E-state index contributed by atoms with van der Waals surface area (Å²) in [5, 5.41) is 10.7. The Morgan fingerprint density at radius 3 is 2.73 bits per heavy atom. The van der Waals surface area contributed by atoms with Gasteiger partial charge in [0.2, 0.25) is 5.82 Å². The number of nitrogens with zero attached hydrogens (tertiary/aromatic N) is 1. The molecule has 4 nitrogen and oxygen atoms in total. The Labute approximate surface area is 93.4 Å². The van der Waals surface area contributed by atoms with Crippen LogP contribution in [0.4, 0.5) is 10.1 Å². The van der Waals surface area contributed by atoms with Crippen LogP contribution < -0.4 is 0 Å². The highest BCUT2D eigenvalue weighted by Gasteiger charge is 2.20. The molecule has 0 radical (unpaired) electrons. The fraction of sp³-hybridized carbons (Fsp3) is 0.222. The first-order valence-electron chi connectivity index (χ1n) is 4.05. The molecular weight excluding hydrogens is 269 g/mol. The van der Waals surface area contributed by atoms with Crippen LogP contribution in [0.2, 0.25) is 0 Å². The minimum absolute atomic E-state index is 0.0979. The topological polar surface area (TPSA) is 60.2 Å². The molecule has 0 fully saturated rings. The summed E-state index contributed by atoms with van der Waals surface area (Å²) in [5.41, 5.74) is -0.517. The first-order chi connectivity index (χ1) is 7.06. The molecule has 0 heterocycles. The molecule has 0 atom stereocenters. The molecule has 1 aromatic carbocycles.